The summed E-state index contributed by atoms with van der Waals surface area (Å²) in [6, 6.07) is 6.41. The lowest BCUT2D eigenvalue weighted by molar-refractivity contribution is -0.142. The number of anilines is 1. The number of rotatable bonds is 5. The number of carboxylic acid groups (broad SMARTS) is 1. The van der Waals surface area contributed by atoms with Gasteiger partial charge in [-0.1, -0.05) is 50.0 Å². The highest BCUT2D eigenvalue weighted by Crippen LogP contribution is 2.41. The number of carbonyl (C=O) groups is 2. The van der Waals surface area contributed by atoms with E-state index in [0.717, 1.165) is 32.1 Å². The highest BCUT2D eigenvalue weighted by molar-refractivity contribution is 7.14. The topological polar surface area (TPSA) is 70.5 Å². The predicted molar refractivity (Wildman–Crippen MR) is 115 cm³/mol. The van der Waals surface area contributed by atoms with Crippen LogP contribution < -0.4 is 4.90 Å². The molecule has 1 aromatic carbocycles. The Kier molecular flexibility index (Phi) is 6.27. The second kappa shape index (κ2) is 9.08. The van der Waals surface area contributed by atoms with Gasteiger partial charge in [-0.2, -0.15) is 0 Å². The van der Waals surface area contributed by atoms with E-state index in [-0.39, 0.29) is 24.1 Å². The van der Waals surface area contributed by atoms with Gasteiger partial charge in [0.1, 0.15) is 5.82 Å². The second-order valence-electron chi connectivity index (χ2n) is 8.06. The van der Waals surface area contributed by atoms with Gasteiger partial charge in [0, 0.05) is 17.5 Å². The van der Waals surface area contributed by atoms with Crippen molar-refractivity contribution in [3.05, 3.63) is 47.6 Å². The Morgan fingerprint density at radius 2 is 2.00 bits per heavy atom. The monoisotopic (exact) mass is 428 g/mol. The van der Waals surface area contributed by atoms with E-state index in [0.29, 0.717) is 28.9 Å². The molecule has 158 valence electrons. The molecule has 5 nitrogen and oxygen atoms in total. The minimum Gasteiger partial charge on any atom is -0.481 e. The molecule has 0 radical (unpaired) electrons. The molecule has 1 aromatic heterocycles. The van der Waals surface area contributed by atoms with Crippen molar-refractivity contribution in [3.8, 4) is 11.3 Å². The zero-order valence-corrected chi connectivity index (χ0v) is 17.5. The molecular weight excluding hydrogens is 403 g/mol. The van der Waals surface area contributed by atoms with Gasteiger partial charge in [-0.25, -0.2) is 9.37 Å². The lowest BCUT2D eigenvalue weighted by atomic mass is 9.75. The zero-order valence-electron chi connectivity index (χ0n) is 16.7. The van der Waals surface area contributed by atoms with Gasteiger partial charge in [-0.15, -0.1) is 11.3 Å². The zero-order chi connectivity index (χ0) is 21.1. The maximum absolute atomic E-state index is 14.2. The molecular formula is C23H25FN2O3S. The van der Waals surface area contributed by atoms with Crippen molar-refractivity contribution in [2.24, 2.45) is 17.8 Å². The molecule has 2 aliphatic rings. The van der Waals surface area contributed by atoms with Crippen molar-refractivity contribution in [1.29, 1.82) is 0 Å². The number of carbonyl (C=O) groups excluding carboxylic acids is 1. The molecule has 30 heavy (non-hydrogen) atoms. The Hall–Kier alpha value is -2.54. The molecule has 0 spiro atoms. The maximum Gasteiger partial charge on any atom is 0.304 e. The fourth-order valence-electron chi connectivity index (χ4n) is 4.76. The second-order valence-corrected chi connectivity index (χ2v) is 8.90. The van der Waals surface area contributed by atoms with Crippen LogP contribution in [0.2, 0.25) is 0 Å². The molecule has 4 rings (SSSR count). The molecule has 1 saturated carbocycles. The fraction of sp³-hybridized carbons (Fsp3) is 0.435. The number of hydrogen-bond acceptors (Lipinski definition) is 4. The van der Waals surface area contributed by atoms with E-state index in [1.807, 2.05) is 6.08 Å². The number of hydrogen-bond donors (Lipinski definition) is 1. The van der Waals surface area contributed by atoms with Crippen LogP contribution in [0.4, 0.5) is 9.52 Å². The lowest BCUT2D eigenvalue weighted by Gasteiger charge is -2.34. The van der Waals surface area contributed by atoms with Crippen LogP contribution in [0.25, 0.3) is 11.3 Å². The lowest BCUT2D eigenvalue weighted by Crippen LogP contribution is -2.43. The molecule has 0 saturated heterocycles. The van der Waals surface area contributed by atoms with Crippen molar-refractivity contribution in [3.63, 3.8) is 0 Å². The predicted octanol–water partition coefficient (Wildman–Crippen LogP) is 5.14. The average molecular weight is 429 g/mol. The molecule has 1 fully saturated rings. The summed E-state index contributed by atoms with van der Waals surface area (Å²) in [7, 11) is 0. The van der Waals surface area contributed by atoms with Gasteiger partial charge in [0.2, 0.25) is 5.91 Å². The summed E-state index contributed by atoms with van der Waals surface area (Å²) >= 11 is 1.28. The first-order valence-electron chi connectivity index (χ1n) is 10.4. The van der Waals surface area contributed by atoms with E-state index < -0.39 is 11.9 Å². The summed E-state index contributed by atoms with van der Waals surface area (Å²) in [6.45, 7) is 0.344. The van der Waals surface area contributed by atoms with Crippen molar-refractivity contribution < 1.29 is 19.1 Å². The smallest absolute Gasteiger partial charge is 0.304 e. The first-order valence-corrected chi connectivity index (χ1v) is 11.3. The van der Waals surface area contributed by atoms with Crippen LogP contribution >= 0.6 is 11.3 Å². The number of allylic oxidation sites excluding steroid dienone is 1. The number of carboxylic acids is 1. The number of benzene rings is 1. The van der Waals surface area contributed by atoms with Gasteiger partial charge in [0.15, 0.2) is 5.13 Å². The van der Waals surface area contributed by atoms with Crippen molar-refractivity contribution in [2.45, 2.75) is 38.5 Å². The van der Waals surface area contributed by atoms with Crippen molar-refractivity contribution >= 4 is 28.3 Å². The van der Waals surface area contributed by atoms with Gasteiger partial charge >= 0.3 is 5.97 Å². The Morgan fingerprint density at radius 1 is 1.23 bits per heavy atom. The van der Waals surface area contributed by atoms with Crippen LogP contribution in [0.1, 0.15) is 38.5 Å². The third-order valence-corrected chi connectivity index (χ3v) is 7.10. The maximum atomic E-state index is 14.2. The van der Waals surface area contributed by atoms with E-state index in [1.54, 1.807) is 28.5 Å². The van der Waals surface area contributed by atoms with Crippen LogP contribution in [-0.4, -0.2) is 28.5 Å². The molecule has 1 aliphatic heterocycles. The molecule has 2 aromatic rings. The first kappa shape index (κ1) is 20.7. The molecule has 1 N–H and O–H groups in total. The van der Waals surface area contributed by atoms with E-state index in [2.05, 4.69) is 11.1 Å². The van der Waals surface area contributed by atoms with Gasteiger partial charge in [0.25, 0.3) is 0 Å². The quantitative estimate of drug-likeness (QED) is 0.670. The largest absolute Gasteiger partial charge is 0.481 e. The molecule has 0 bridgehead atoms. The Labute approximate surface area is 179 Å². The standard InChI is InChI=1S/C23H25FN2O3S/c24-19-11-4-3-10-17(19)20-14-30-23(25-20)26-12-6-5-9-16(15-7-1-2-8-15)18(22(26)29)13-21(27)28/h3-6,10-11,14-16,18H,1-2,7-9,12-13H2,(H,27,28). The van der Waals surface area contributed by atoms with E-state index in [9.17, 15) is 19.1 Å². The minimum absolute atomic E-state index is 0.0288. The summed E-state index contributed by atoms with van der Waals surface area (Å²) in [5.74, 6) is -1.66. The van der Waals surface area contributed by atoms with Crippen molar-refractivity contribution in [2.75, 3.05) is 11.4 Å². The number of thiazole rings is 1. The fourth-order valence-corrected chi connectivity index (χ4v) is 5.60. The Bertz CT molecular complexity index is 951. The normalized spacial score (nSPS) is 22.8. The molecule has 2 unspecified atom stereocenters. The SMILES string of the molecule is O=C(O)CC1C(=O)N(c2nc(-c3ccccc3F)cs2)CC=CCC1C1CCCC1. The number of halogens is 1. The summed E-state index contributed by atoms with van der Waals surface area (Å²) < 4.78 is 14.2. The number of aromatic nitrogens is 1. The molecule has 7 heteroatoms. The summed E-state index contributed by atoms with van der Waals surface area (Å²) in [4.78, 5) is 31.2. The highest BCUT2D eigenvalue weighted by atomic mass is 32.1. The third kappa shape index (κ3) is 4.31. The summed E-state index contributed by atoms with van der Waals surface area (Å²) in [6.07, 6.45) is 8.98. The van der Waals surface area contributed by atoms with Gasteiger partial charge in [0.05, 0.1) is 18.0 Å². The summed E-state index contributed by atoms with van der Waals surface area (Å²) in [5, 5.41) is 11.7. The molecule has 2 atom stereocenters. The number of aliphatic carboxylic acids is 1. The minimum atomic E-state index is -0.952. The van der Waals surface area contributed by atoms with Crippen LogP contribution in [0, 0.1) is 23.6 Å². The Balaban J connectivity index is 1.65. The first-order chi connectivity index (χ1) is 14.5. The van der Waals surface area contributed by atoms with Crippen LogP contribution in [0.3, 0.4) is 0 Å². The molecule has 1 amide bonds. The van der Waals surface area contributed by atoms with Crippen LogP contribution in [-0.2, 0) is 9.59 Å². The van der Waals surface area contributed by atoms with Crippen LogP contribution in [0.15, 0.2) is 41.8 Å². The van der Waals surface area contributed by atoms with Gasteiger partial charge in [-0.05, 0) is 30.4 Å². The van der Waals surface area contributed by atoms with E-state index in [4.69, 9.17) is 0 Å². The van der Waals surface area contributed by atoms with Crippen molar-refractivity contribution in [1.82, 2.24) is 4.98 Å². The summed E-state index contributed by atoms with van der Waals surface area (Å²) in [5.41, 5.74) is 0.870. The number of nitrogens with zero attached hydrogens (tertiary/aromatic N) is 2. The molecule has 1 aliphatic carbocycles. The highest BCUT2D eigenvalue weighted by Gasteiger charge is 2.39. The molecule has 2 heterocycles. The van der Waals surface area contributed by atoms with E-state index in [1.165, 1.54) is 17.4 Å². The average Bonchev–Trinajstić information content (AvgIpc) is 3.40. The number of amides is 1. The van der Waals surface area contributed by atoms with Gasteiger partial charge < -0.3 is 5.11 Å². The van der Waals surface area contributed by atoms with Crippen LogP contribution in [0.5, 0.6) is 0 Å². The van der Waals surface area contributed by atoms with E-state index >= 15 is 0 Å². The Morgan fingerprint density at radius 3 is 2.73 bits per heavy atom. The third-order valence-electron chi connectivity index (χ3n) is 6.24. The van der Waals surface area contributed by atoms with Gasteiger partial charge in [-0.3, -0.25) is 14.5 Å².